The SMILES string of the molecule is COC(=O)NCC(=O)NCCCCc1ncc(-c2ccc3c(c2)Oc2ccc(-c4cnc(CCCCN(C)C(=O)CNC(=O)OC)[nH]4)cc2O3)[nH]1. The minimum absolute atomic E-state index is 0.103. The van der Waals surface area contributed by atoms with E-state index < -0.39 is 12.2 Å². The number of amides is 4. The molecular weight excluding hydrogens is 660 g/mol. The Labute approximate surface area is 294 Å². The highest BCUT2D eigenvalue weighted by Crippen LogP contribution is 2.47. The quantitative estimate of drug-likeness (QED) is 0.0923. The van der Waals surface area contributed by atoms with Crippen molar-refractivity contribution in [2.24, 2.45) is 0 Å². The van der Waals surface area contributed by atoms with Crippen LogP contribution in [0.25, 0.3) is 22.5 Å². The van der Waals surface area contributed by atoms with Crippen LogP contribution in [-0.2, 0) is 31.9 Å². The van der Waals surface area contributed by atoms with Crippen molar-refractivity contribution in [2.45, 2.75) is 38.5 Å². The maximum absolute atomic E-state index is 12.1. The number of imidazole rings is 2. The molecule has 3 heterocycles. The fourth-order valence-corrected chi connectivity index (χ4v) is 5.24. The molecule has 0 fully saturated rings. The van der Waals surface area contributed by atoms with Crippen molar-refractivity contribution in [3.63, 3.8) is 0 Å². The monoisotopic (exact) mass is 702 g/mol. The first kappa shape index (κ1) is 36.2. The van der Waals surface area contributed by atoms with Crippen molar-refractivity contribution in [1.82, 2.24) is 40.8 Å². The largest absolute Gasteiger partial charge is 0.453 e. The van der Waals surface area contributed by atoms with Gasteiger partial charge in [-0.05, 0) is 62.1 Å². The lowest BCUT2D eigenvalue weighted by Crippen LogP contribution is -2.38. The van der Waals surface area contributed by atoms with Gasteiger partial charge in [-0.25, -0.2) is 19.6 Å². The molecule has 0 saturated carbocycles. The third-order valence-electron chi connectivity index (χ3n) is 8.10. The second kappa shape index (κ2) is 17.6. The number of methoxy groups -OCH3 is 2. The minimum Gasteiger partial charge on any atom is -0.453 e. The number of alkyl carbamates (subject to hydrolysis) is 2. The fraction of sp³-hybridized carbons (Fsp3) is 0.371. The average Bonchev–Trinajstić information content (AvgIpc) is 3.83. The minimum atomic E-state index is -0.646. The van der Waals surface area contributed by atoms with Crippen LogP contribution in [0, 0.1) is 0 Å². The molecule has 0 saturated heterocycles. The molecule has 0 bridgehead atoms. The van der Waals surface area contributed by atoms with Crippen LogP contribution in [0.4, 0.5) is 9.59 Å². The van der Waals surface area contributed by atoms with Gasteiger partial charge in [-0.3, -0.25) is 9.59 Å². The van der Waals surface area contributed by atoms with Gasteiger partial charge in [0.05, 0.1) is 44.5 Å². The number of hydrogen-bond donors (Lipinski definition) is 5. The molecule has 51 heavy (non-hydrogen) atoms. The van der Waals surface area contributed by atoms with Gasteiger partial charge in [0, 0.05) is 44.1 Å². The van der Waals surface area contributed by atoms with E-state index in [1.165, 1.54) is 14.2 Å². The van der Waals surface area contributed by atoms with E-state index in [-0.39, 0.29) is 24.9 Å². The van der Waals surface area contributed by atoms with E-state index in [0.29, 0.717) is 42.5 Å². The summed E-state index contributed by atoms with van der Waals surface area (Å²) in [7, 11) is 4.20. The third kappa shape index (κ3) is 10.2. The van der Waals surface area contributed by atoms with E-state index in [1.54, 1.807) is 24.3 Å². The normalized spacial score (nSPS) is 11.3. The lowest BCUT2D eigenvalue weighted by atomic mass is 10.1. The van der Waals surface area contributed by atoms with Crippen LogP contribution in [0.15, 0.2) is 48.8 Å². The summed E-state index contributed by atoms with van der Waals surface area (Å²) in [5.74, 6) is 3.61. The van der Waals surface area contributed by atoms with Gasteiger partial charge in [0.15, 0.2) is 23.0 Å². The first-order chi connectivity index (χ1) is 24.7. The second-order valence-corrected chi connectivity index (χ2v) is 11.8. The Kier molecular flexibility index (Phi) is 12.5. The van der Waals surface area contributed by atoms with E-state index in [4.69, 9.17) is 9.47 Å². The van der Waals surface area contributed by atoms with Gasteiger partial charge in [0.1, 0.15) is 18.2 Å². The second-order valence-electron chi connectivity index (χ2n) is 11.8. The first-order valence-corrected chi connectivity index (χ1v) is 16.6. The number of fused-ring (bicyclic) bond motifs is 2. The average molecular weight is 703 g/mol. The number of hydrogen-bond acceptors (Lipinski definition) is 10. The molecule has 5 N–H and O–H groups in total. The number of H-pyrrole nitrogens is 2. The van der Waals surface area contributed by atoms with Crippen molar-refractivity contribution >= 4 is 24.0 Å². The summed E-state index contributed by atoms with van der Waals surface area (Å²) >= 11 is 0. The summed E-state index contributed by atoms with van der Waals surface area (Å²) in [5.41, 5.74) is 3.51. The molecule has 0 atom stereocenters. The lowest BCUT2D eigenvalue weighted by Gasteiger charge is -2.21. The van der Waals surface area contributed by atoms with Crippen molar-refractivity contribution in [3.8, 4) is 45.5 Å². The smallest absolute Gasteiger partial charge is 0.407 e. The number of aromatic amines is 2. The van der Waals surface area contributed by atoms with Gasteiger partial charge in [0.25, 0.3) is 0 Å². The van der Waals surface area contributed by atoms with Crippen LogP contribution < -0.4 is 25.4 Å². The number of nitrogens with zero attached hydrogens (tertiary/aromatic N) is 3. The fourth-order valence-electron chi connectivity index (χ4n) is 5.24. The Hall–Kier alpha value is -6.06. The van der Waals surface area contributed by atoms with Gasteiger partial charge in [-0.2, -0.15) is 0 Å². The Morgan fingerprint density at radius 1 is 0.706 bits per heavy atom. The molecule has 1 aliphatic rings. The number of ether oxygens (including phenoxy) is 4. The highest BCUT2D eigenvalue weighted by atomic mass is 16.6. The first-order valence-electron chi connectivity index (χ1n) is 16.6. The van der Waals surface area contributed by atoms with Gasteiger partial charge in [-0.15, -0.1) is 0 Å². The topological polar surface area (TPSA) is 202 Å². The number of unbranched alkanes of at least 4 members (excludes halogenated alkanes) is 2. The summed E-state index contributed by atoms with van der Waals surface area (Å²) in [6, 6.07) is 11.5. The lowest BCUT2D eigenvalue weighted by molar-refractivity contribution is -0.129. The number of rotatable bonds is 16. The van der Waals surface area contributed by atoms with E-state index in [0.717, 1.165) is 66.3 Å². The maximum Gasteiger partial charge on any atom is 0.407 e. The highest BCUT2D eigenvalue weighted by Gasteiger charge is 2.21. The molecule has 0 aliphatic carbocycles. The van der Waals surface area contributed by atoms with Crippen LogP contribution >= 0.6 is 0 Å². The number of aromatic nitrogens is 4. The maximum atomic E-state index is 12.1. The van der Waals surface area contributed by atoms with E-state index in [2.05, 4.69) is 45.4 Å². The van der Waals surface area contributed by atoms with E-state index in [1.807, 2.05) is 36.4 Å². The molecule has 16 nitrogen and oxygen atoms in total. The third-order valence-corrected chi connectivity index (χ3v) is 8.10. The Bertz CT molecular complexity index is 1840. The number of likely N-dealkylation sites (N-methyl/N-ethyl adjacent to an activating group) is 1. The number of carbonyl (C=O) groups excluding carboxylic acids is 4. The van der Waals surface area contributed by atoms with Crippen LogP contribution in [0.2, 0.25) is 0 Å². The van der Waals surface area contributed by atoms with E-state index >= 15 is 0 Å². The molecule has 0 unspecified atom stereocenters. The van der Waals surface area contributed by atoms with Crippen LogP contribution in [0.3, 0.4) is 0 Å². The van der Waals surface area contributed by atoms with E-state index in [9.17, 15) is 19.2 Å². The molecule has 1 aliphatic heterocycles. The summed E-state index contributed by atoms with van der Waals surface area (Å²) in [6.45, 7) is 0.828. The zero-order chi connectivity index (χ0) is 36.2. The summed E-state index contributed by atoms with van der Waals surface area (Å²) in [4.78, 5) is 63.4. The van der Waals surface area contributed by atoms with Crippen molar-refractivity contribution in [2.75, 3.05) is 47.4 Å². The molecule has 4 aromatic rings. The standard InChI is InChI=1S/C35H42N8O8/c1-43(33(45)21-40-35(47)49-3)15-7-5-9-31-38-19-25(42-31)23-11-13-27-29(17-23)51-26-12-10-22(16-28(26)50-27)24-18-37-30(41-24)8-4-6-14-36-32(44)20-39-34(46)48-2/h10-13,16-19H,4-9,14-15,20-21H2,1-3H3,(H,36,44)(H,37,41)(H,38,42)(H,39,46)(H,40,47). The predicted molar refractivity (Wildman–Crippen MR) is 186 cm³/mol. The molecule has 16 heteroatoms. The molecule has 2 aromatic carbocycles. The zero-order valence-electron chi connectivity index (χ0n) is 28.8. The Morgan fingerprint density at radius 2 is 1.24 bits per heavy atom. The molecular formula is C35H42N8O8. The van der Waals surface area contributed by atoms with Gasteiger partial charge in [0.2, 0.25) is 11.8 Å². The molecule has 2 aromatic heterocycles. The Morgan fingerprint density at radius 3 is 1.78 bits per heavy atom. The van der Waals surface area contributed by atoms with Crippen LogP contribution in [0.1, 0.15) is 37.3 Å². The number of carbonyl (C=O) groups is 4. The molecule has 4 amide bonds. The summed E-state index contributed by atoms with van der Waals surface area (Å²) in [5, 5.41) is 7.49. The molecule has 0 spiro atoms. The van der Waals surface area contributed by atoms with Gasteiger partial charge < -0.3 is 49.8 Å². The molecule has 5 rings (SSSR count). The van der Waals surface area contributed by atoms with Crippen molar-refractivity contribution in [1.29, 1.82) is 0 Å². The van der Waals surface area contributed by atoms with Crippen LogP contribution in [0.5, 0.6) is 23.0 Å². The van der Waals surface area contributed by atoms with Crippen molar-refractivity contribution in [3.05, 3.63) is 60.4 Å². The van der Waals surface area contributed by atoms with Crippen LogP contribution in [-0.4, -0.2) is 96.3 Å². The highest BCUT2D eigenvalue weighted by molar-refractivity contribution is 5.82. The molecule has 0 radical (unpaired) electrons. The van der Waals surface area contributed by atoms with Gasteiger partial charge >= 0.3 is 12.2 Å². The Balaban J connectivity index is 1.07. The number of nitrogens with one attached hydrogen (secondary N) is 5. The molecule has 270 valence electrons. The van der Waals surface area contributed by atoms with Crippen molar-refractivity contribution < 1.29 is 38.1 Å². The number of benzene rings is 2. The summed E-state index contributed by atoms with van der Waals surface area (Å²) in [6.07, 6.45) is 6.92. The predicted octanol–water partition coefficient (Wildman–Crippen LogP) is 4.30. The number of aryl methyl sites for hydroxylation is 2. The zero-order valence-corrected chi connectivity index (χ0v) is 28.8. The summed E-state index contributed by atoms with van der Waals surface area (Å²) < 4.78 is 21.4. The van der Waals surface area contributed by atoms with Gasteiger partial charge in [-0.1, -0.05) is 0 Å².